The first-order valence-electron chi connectivity index (χ1n) is 5.41. The standard InChI is InChI=1S/C10H17N3O3S/c1-2-4-10(14)13-6-3-5-9(8-13)7-12-17(11,15)16/h9,12H,3,5-8H2,1H3,(H2,11,15,16). The second-order valence-electron chi connectivity index (χ2n) is 4.03. The quantitative estimate of drug-likeness (QED) is 0.639. The summed E-state index contributed by atoms with van der Waals surface area (Å²) in [6.45, 7) is 3.08. The van der Waals surface area contributed by atoms with Crippen molar-refractivity contribution < 1.29 is 13.2 Å². The van der Waals surface area contributed by atoms with Crippen LogP contribution in [0.2, 0.25) is 0 Å². The lowest BCUT2D eigenvalue weighted by Gasteiger charge is -2.31. The van der Waals surface area contributed by atoms with Gasteiger partial charge in [-0.1, -0.05) is 5.92 Å². The molecule has 0 spiro atoms. The van der Waals surface area contributed by atoms with Crippen LogP contribution in [0.4, 0.5) is 0 Å². The van der Waals surface area contributed by atoms with Crippen LogP contribution in [0.15, 0.2) is 0 Å². The molecular formula is C10H17N3O3S. The number of nitrogens with zero attached hydrogens (tertiary/aromatic N) is 1. The van der Waals surface area contributed by atoms with E-state index < -0.39 is 10.2 Å². The zero-order valence-electron chi connectivity index (χ0n) is 9.77. The molecule has 0 radical (unpaired) electrons. The van der Waals surface area contributed by atoms with Crippen LogP contribution in [-0.2, 0) is 15.0 Å². The Bertz CT molecular complexity index is 435. The Labute approximate surface area is 102 Å². The Morgan fingerprint density at radius 1 is 1.59 bits per heavy atom. The van der Waals surface area contributed by atoms with E-state index in [0.717, 1.165) is 12.8 Å². The molecule has 3 N–H and O–H groups in total. The molecule has 1 aliphatic rings. The Hall–Kier alpha value is -1.10. The van der Waals surface area contributed by atoms with E-state index in [1.54, 1.807) is 11.8 Å². The topological polar surface area (TPSA) is 92.5 Å². The lowest BCUT2D eigenvalue weighted by atomic mass is 9.98. The fourth-order valence-electron chi connectivity index (χ4n) is 1.84. The molecule has 1 amide bonds. The zero-order chi connectivity index (χ0) is 12.9. The Kier molecular flexibility index (Phi) is 4.93. The normalized spacial score (nSPS) is 20.6. The second kappa shape index (κ2) is 6.00. The van der Waals surface area contributed by atoms with E-state index in [0.29, 0.717) is 13.1 Å². The van der Waals surface area contributed by atoms with Crippen LogP contribution in [0.5, 0.6) is 0 Å². The fraction of sp³-hybridized carbons (Fsp3) is 0.700. The molecular weight excluding hydrogens is 242 g/mol. The highest BCUT2D eigenvalue weighted by Gasteiger charge is 2.23. The van der Waals surface area contributed by atoms with Gasteiger partial charge in [-0.2, -0.15) is 8.42 Å². The molecule has 0 bridgehead atoms. The largest absolute Gasteiger partial charge is 0.332 e. The molecule has 1 aliphatic heterocycles. The number of carbonyl (C=O) groups is 1. The van der Waals surface area contributed by atoms with Crippen LogP contribution in [-0.4, -0.2) is 38.9 Å². The van der Waals surface area contributed by atoms with Crippen molar-refractivity contribution in [2.45, 2.75) is 19.8 Å². The van der Waals surface area contributed by atoms with Gasteiger partial charge >= 0.3 is 0 Å². The van der Waals surface area contributed by atoms with Gasteiger partial charge < -0.3 is 4.90 Å². The monoisotopic (exact) mass is 259 g/mol. The summed E-state index contributed by atoms with van der Waals surface area (Å²) in [4.78, 5) is 13.2. The number of rotatable bonds is 3. The van der Waals surface area contributed by atoms with E-state index in [1.807, 2.05) is 0 Å². The minimum atomic E-state index is -3.65. The van der Waals surface area contributed by atoms with Gasteiger partial charge in [-0.3, -0.25) is 4.79 Å². The van der Waals surface area contributed by atoms with Crippen molar-refractivity contribution in [2.75, 3.05) is 19.6 Å². The molecule has 1 saturated heterocycles. The van der Waals surface area contributed by atoms with Gasteiger partial charge in [0.05, 0.1) is 0 Å². The highest BCUT2D eigenvalue weighted by molar-refractivity contribution is 7.87. The van der Waals surface area contributed by atoms with Crippen molar-refractivity contribution >= 4 is 16.1 Å². The molecule has 0 aliphatic carbocycles. The lowest BCUT2D eigenvalue weighted by molar-refractivity contribution is -0.126. The lowest BCUT2D eigenvalue weighted by Crippen LogP contribution is -2.44. The summed E-state index contributed by atoms with van der Waals surface area (Å²) in [6, 6.07) is 0. The molecule has 1 atom stereocenters. The first-order valence-corrected chi connectivity index (χ1v) is 6.96. The average Bonchev–Trinajstić information content (AvgIpc) is 2.26. The van der Waals surface area contributed by atoms with Crippen molar-refractivity contribution in [3.05, 3.63) is 0 Å². The predicted molar refractivity (Wildman–Crippen MR) is 63.9 cm³/mol. The van der Waals surface area contributed by atoms with Gasteiger partial charge in [-0.15, -0.1) is 0 Å². The highest BCUT2D eigenvalue weighted by Crippen LogP contribution is 2.15. The predicted octanol–water partition coefficient (Wildman–Crippen LogP) is -0.959. The van der Waals surface area contributed by atoms with E-state index in [9.17, 15) is 13.2 Å². The van der Waals surface area contributed by atoms with Crippen molar-refractivity contribution in [1.29, 1.82) is 0 Å². The summed E-state index contributed by atoms with van der Waals surface area (Å²) in [5.74, 6) is 4.95. The van der Waals surface area contributed by atoms with Crippen LogP contribution in [0.1, 0.15) is 19.8 Å². The maximum Gasteiger partial charge on any atom is 0.298 e. The molecule has 7 heteroatoms. The Morgan fingerprint density at radius 3 is 2.88 bits per heavy atom. The van der Waals surface area contributed by atoms with Crippen molar-refractivity contribution in [2.24, 2.45) is 11.1 Å². The van der Waals surface area contributed by atoms with Crippen LogP contribution < -0.4 is 9.86 Å². The van der Waals surface area contributed by atoms with Gasteiger partial charge in [0.25, 0.3) is 16.1 Å². The first kappa shape index (κ1) is 14.0. The number of amides is 1. The van der Waals surface area contributed by atoms with Gasteiger partial charge in [0.1, 0.15) is 0 Å². The maximum atomic E-state index is 11.5. The summed E-state index contributed by atoms with van der Waals surface area (Å²) >= 11 is 0. The molecule has 1 unspecified atom stereocenters. The summed E-state index contributed by atoms with van der Waals surface area (Å²) in [5, 5.41) is 4.85. The van der Waals surface area contributed by atoms with Crippen LogP contribution >= 0.6 is 0 Å². The maximum absolute atomic E-state index is 11.5. The molecule has 0 aromatic rings. The molecule has 1 rings (SSSR count). The van der Waals surface area contributed by atoms with E-state index in [1.165, 1.54) is 0 Å². The van der Waals surface area contributed by atoms with Gasteiger partial charge in [0, 0.05) is 19.6 Å². The van der Waals surface area contributed by atoms with E-state index >= 15 is 0 Å². The minimum Gasteiger partial charge on any atom is -0.332 e. The van der Waals surface area contributed by atoms with E-state index in [4.69, 9.17) is 5.14 Å². The molecule has 17 heavy (non-hydrogen) atoms. The molecule has 0 aromatic heterocycles. The minimum absolute atomic E-state index is 0.102. The summed E-state index contributed by atoms with van der Waals surface area (Å²) in [5.41, 5.74) is 0. The summed E-state index contributed by atoms with van der Waals surface area (Å²) in [6.07, 6.45) is 1.74. The van der Waals surface area contributed by atoms with Crippen LogP contribution in [0, 0.1) is 17.8 Å². The number of hydrogen-bond acceptors (Lipinski definition) is 3. The third-order valence-corrected chi connectivity index (χ3v) is 3.18. The van der Waals surface area contributed by atoms with E-state index in [2.05, 4.69) is 16.6 Å². The third kappa shape index (κ3) is 5.17. The number of nitrogens with one attached hydrogen (secondary N) is 1. The van der Waals surface area contributed by atoms with Crippen molar-refractivity contribution in [3.63, 3.8) is 0 Å². The van der Waals surface area contributed by atoms with Crippen LogP contribution in [0.25, 0.3) is 0 Å². The van der Waals surface area contributed by atoms with Crippen molar-refractivity contribution in [1.82, 2.24) is 9.62 Å². The molecule has 1 fully saturated rings. The highest BCUT2D eigenvalue weighted by atomic mass is 32.2. The van der Waals surface area contributed by atoms with Gasteiger partial charge in [-0.25, -0.2) is 9.86 Å². The molecule has 0 aromatic carbocycles. The summed E-state index contributed by atoms with van der Waals surface area (Å²) < 4.78 is 23.8. The molecule has 1 heterocycles. The average molecular weight is 259 g/mol. The zero-order valence-corrected chi connectivity index (χ0v) is 10.6. The van der Waals surface area contributed by atoms with Gasteiger partial charge in [-0.05, 0) is 31.6 Å². The first-order chi connectivity index (χ1) is 7.92. The Morgan fingerprint density at radius 2 is 2.29 bits per heavy atom. The number of hydrogen-bond donors (Lipinski definition) is 2. The number of nitrogens with two attached hydrogens (primary N) is 1. The van der Waals surface area contributed by atoms with Crippen molar-refractivity contribution in [3.8, 4) is 11.8 Å². The number of piperidine rings is 1. The van der Waals surface area contributed by atoms with Crippen LogP contribution in [0.3, 0.4) is 0 Å². The summed E-state index contributed by atoms with van der Waals surface area (Å²) in [7, 11) is -3.65. The smallest absolute Gasteiger partial charge is 0.298 e. The molecule has 96 valence electrons. The molecule has 6 nitrogen and oxygen atoms in total. The number of carbonyl (C=O) groups excluding carboxylic acids is 1. The van der Waals surface area contributed by atoms with E-state index in [-0.39, 0.29) is 18.4 Å². The van der Waals surface area contributed by atoms with Gasteiger partial charge in [0.15, 0.2) is 0 Å². The Balaban J connectivity index is 2.48. The molecule has 0 saturated carbocycles. The van der Waals surface area contributed by atoms with Gasteiger partial charge in [0.2, 0.25) is 0 Å². The second-order valence-corrected chi connectivity index (χ2v) is 5.41. The number of likely N-dealkylation sites (tertiary alicyclic amines) is 1. The fourth-order valence-corrected chi connectivity index (χ4v) is 2.30. The SMILES string of the molecule is CC#CC(=O)N1CCCC(CNS(N)(=O)=O)C1. The third-order valence-electron chi connectivity index (χ3n) is 2.61.